The van der Waals surface area contributed by atoms with Gasteiger partial charge >= 0.3 is 0 Å². The third kappa shape index (κ3) is 5.38. The number of likely N-dealkylation sites (tertiary alicyclic amines) is 1. The fraction of sp³-hybridized carbons (Fsp3) is 0.176. The van der Waals surface area contributed by atoms with E-state index < -0.39 is 0 Å². The molecule has 0 bridgehead atoms. The maximum absolute atomic E-state index is 13.7. The molecule has 1 aliphatic rings. The van der Waals surface area contributed by atoms with E-state index in [0.717, 1.165) is 64.1 Å². The van der Waals surface area contributed by atoms with Crippen molar-refractivity contribution in [3.8, 4) is 22.3 Å². The molecule has 0 saturated carbocycles. The molecule has 1 atom stereocenters. The van der Waals surface area contributed by atoms with Gasteiger partial charge in [0.2, 0.25) is 0 Å². The van der Waals surface area contributed by atoms with E-state index in [0.29, 0.717) is 23.7 Å². The summed E-state index contributed by atoms with van der Waals surface area (Å²) in [5.74, 6) is 1.65. The molecule has 40 heavy (non-hydrogen) atoms. The predicted octanol–water partition coefficient (Wildman–Crippen LogP) is 7.62. The number of hydrogen-bond acceptors (Lipinski definition) is 4. The zero-order valence-electron chi connectivity index (χ0n) is 22.3. The maximum atomic E-state index is 13.7. The van der Waals surface area contributed by atoms with E-state index in [1.165, 1.54) is 12.1 Å². The molecule has 3 aromatic carbocycles. The lowest BCUT2D eigenvalue weighted by molar-refractivity contribution is 0.0788. The van der Waals surface area contributed by atoms with Gasteiger partial charge in [0.15, 0.2) is 0 Å². The monoisotopic (exact) mass is 531 g/mol. The van der Waals surface area contributed by atoms with Crippen molar-refractivity contribution in [3.05, 3.63) is 114 Å². The Morgan fingerprint density at radius 3 is 2.50 bits per heavy atom. The SMILES string of the molecule is CC1CCN(C(=O)c2ccc(-c3cc(-c4ccc(F)cc4)c4oc(C/C=C/c5ccc(N)nc5)cc4c3)cc2)C1. The van der Waals surface area contributed by atoms with Crippen LogP contribution in [0.25, 0.3) is 39.3 Å². The van der Waals surface area contributed by atoms with E-state index in [4.69, 9.17) is 10.2 Å². The molecule has 0 aliphatic carbocycles. The van der Waals surface area contributed by atoms with E-state index in [1.54, 1.807) is 24.4 Å². The molecule has 5 aromatic rings. The van der Waals surface area contributed by atoms with E-state index >= 15 is 0 Å². The Labute approximate surface area is 232 Å². The number of nitrogens with zero attached hydrogens (tertiary/aromatic N) is 2. The minimum absolute atomic E-state index is 0.0839. The van der Waals surface area contributed by atoms with Crippen LogP contribution in [-0.4, -0.2) is 28.9 Å². The summed E-state index contributed by atoms with van der Waals surface area (Å²) in [7, 11) is 0. The highest BCUT2D eigenvalue weighted by Crippen LogP contribution is 2.36. The summed E-state index contributed by atoms with van der Waals surface area (Å²) in [5, 5.41) is 0.959. The van der Waals surface area contributed by atoms with Gasteiger partial charge in [0.1, 0.15) is 23.0 Å². The fourth-order valence-electron chi connectivity index (χ4n) is 5.25. The molecule has 6 rings (SSSR count). The van der Waals surface area contributed by atoms with Gasteiger partial charge in [-0.15, -0.1) is 0 Å². The Balaban J connectivity index is 1.33. The lowest BCUT2D eigenvalue weighted by Gasteiger charge is -2.16. The fourth-order valence-corrected chi connectivity index (χ4v) is 5.25. The number of amides is 1. The van der Waals surface area contributed by atoms with Gasteiger partial charge in [0, 0.05) is 42.2 Å². The zero-order chi connectivity index (χ0) is 27.6. The molecule has 1 saturated heterocycles. The first kappa shape index (κ1) is 25.6. The average molecular weight is 532 g/mol. The van der Waals surface area contributed by atoms with Crippen LogP contribution in [0.2, 0.25) is 0 Å². The first-order valence-corrected chi connectivity index (χ1v) is 13.5. The van der Waals surface area contributed by atoms with Crippen LogP contribution in [0.5, 0.6) is 0 Å². The molecule has 1 amide bonds. The second kappa shape index (κ2) is 10.8. The lowest BCUT2D eigenvalue weighted by atomic mass is 9.96. The molecule has 0 spiro atoms. The number of fused-ring (bicyclic) bond motifs is 1. The van der Waals surface area contributed by atoms with Gasteiger partial charge < -0.3 is 15.1 Å². The molecule has 2 aromatic heterocycles. The number of hydrogen-bond donors (Lipinski definition) is 1. The number of carbonyl (C=O) groups is 1. The summed E-state index contributed by atoms with van der Waals surface area (Å²) < 4.78 is 20.0. The number of benzene rings is 3. The van der Waals surface area contributed by atoms with Crippen LogP contribution in [0, 0.1) is 11.7 Å². The van der Waals surface area contributed by atoms with E-state index in [1.807, 2.05) is 53.5 Å². The van der Waals surface area contributed by atoms with Crippen LogP contribution < -0.4 is 5.73 Å². The Bertz CT molecular complexity index is 1690. The van der Waals surface area contributed by atoms with Gasteiger partial charge in [0.05, 0.1) is 0 Å². The topological polar surface area (TPSA) is 72.4 Å². The molecule has 3 heterocycles. The summed E-state index contributed by atoms with van der Waals surface area (Å²) in [4.78, 5) is 19.0. The van der Waals surface area contributed by atoms with Crippen LogP contribution in [-0.2, 0) is 6.42 Å². The molecule has 1 aliphatic heterocycles. The van der Waals surface area contributed by atoms with Crippen molar-refractivity contribution in [3.63, 3.8) is 0 Å². The van der Waals surface area contributed by atoms with Crippen LogP contribution in [0.15, 0.2) is 95.6 Å². The first-order valence-electron chi connectivity index (χ1n) is 13.5. The van der Waals surface area contributed by atoms with Gasteiger partial charge in [0.25, 0.3) is 5.91 Å². The van der Waals surface area contributed by atoms with Gasteiger partial charge in [-0.05, 0) is 89.2 Å². The van der Waals surface area contributed by atoms with Gasteiger partial charge in [-0.3, -0.25) is 4.79 Å². The minimum Gasteiger partial charge on any atom is -0.460 e. The average Bonchev–Trinajstić information content (AvgIpc) is 3.59. The molecule has 1 unspecified atom stereocenters. The number of nitrogens with two attached hydrogens (primary N) is 1. The standard InChI is InChI=1S/C34H30FN3O2/c1-22-15-16-38(21-22)34(39)26-8-6-24(7-9-26)27-17-28-18-30(4-2-3-23-5-14-32(36)37-20-23)40-33(28)31(19-27)25-10-12-29(35)13-11-25/h2-3,5-14,17-20,22H,4,15-16,21H2,1H3,(H2,36,37)/b3-2+. The van der Waals surface area contributed by atoms with Gasteiger partial charge in [-0.25, -0.2) is 9.37 Å². The third-order valence-electron chi connectivity index (χ3n) is 7.44. The number of halogens is 1. The minimum atomic E-state index is -0.286. The van der Waals surface area contributed by atoms with Crippen molar-refractivity contribution in [1.29, 1.82) is 0 Å². The van der Waals surface area contributed by atoms with E-state index in [2.05, 4.69) is 24.0 Å². The van der Waals surface area contributed by atoms with Gasteiger partial charge in [-0.2, -0.15) is 0 Å². The molecule has 1 fully saturated rings. The number of carbonyl (C=O) groups excluding carboxylic acids is 1. The van der Waals surface area contributed by atoms with E-state index in [9.17, 15) is 9.18 Å². The highest BCUT2D eigenvalue weighted by atomic mass is 19.1. The zero-order valence-corrected chi connectivity index (χ0v) is 22.3. The highest BCUT2D eigenvalue weighted by Gasteiger charge is 2.24. The Hall–Kier alpha value is -4.71. The molecule has 2 N–H and O–H groups in total. The van der Waals surface area contributed by atoms with Gasteiger partial charge in [-0.1, -0.05) is 43.3 Å². The Morgan fingerprint density at radius 2 is 1.80 bits per heavy atom. The normalized spacial score (nSPS) is 15.3. The summed E-state index contributed by atoms with van der Waals surface area (Å²) in [6, 6.07) is 24.1. The highest BCUT2D eigenvalue weighted by molar-refractivity contribution is 5.98. The number of rotatable bonds is 6. The molecule has 5 nitrogen and oxygen atoms in total. The van der Waals surface area contributed by atoms with Crippen molar-refractivity contribution in [1.82, 2.24) is 9.88 Å². The number of nitrogen functional groups attached to an aromatic ring is 1. The summed E-state index contributed by atoms with van der Waals surface area (Å²) in [6.07, 6.45) is 7.39. The molecular weight excluding hydrogens is 501 g/mol. The third-order valence-corrected chi connectivity index (χ3v) is 7.44. The Kier molecular flexibility index (Phi) is 6.91. The number of aromatic nitrogens is 1. The lowest BCUT2D eigenvalue weighted by Crippen LogP contribution is -2.28. The number of furan rings is 1. The van der Waals surface area contributed by atoms with Crippen molar-refractivity contribution in [2.24, 2.45) is 5.92 Å². The van der Waals surface area contributed by atoms with Crippen molar-refractivity contribution in [2.75, 3.05) is 18.8 Å². The van der Waals surface area contributed by atoms with E-state index in [-0.39, 0.29) is 11.7 Å². The second-order valence-corrected chi connectivity index (χ2v) is 10.5. The van der Waals surface area contributed by atoms with Crippen LogP contribution >= 0.6 is 0 Å². The molecule has 200 valence electrons. The number of allylic oxidation sites excluding steroid dienone is 1. The molecule has 0 radical (unpaired) electrons. The largest absolute Gasteiger partial charge is 0.460 e. The van der Waals surface area contributed by atoms with Crippen molar-refractivity contribution in [2.45, 2.75) is 19.8 Å². The summed E-state index contributed by atoms with van der Waals surface area (Å²) >= 11 is 0. The van der Waals surface area contributed by atoms with Crippen molar-refractivity contribution < 1.29 is 13.6 Å². The van der Waals surface area contributed by atoms with Crippen molar-refractivity contribution >= 4 is 28.8 Å². The number of anilines is 1. The van der Waals surface area contributed by atoms with Crippen LogP contribution in [0.4, 0.5) is 10.2 Å². The van der Waals surface area contributed by atoms with Crippen LogP contribution in [0.3, 0.4) is 0 Å². The first-order chi connectivity index (χ1) is 19.4. The molecular formula is C34H30FN3O2. The summed E-state index contributed by atoms with van der Waals surface area (Å²) in [6.45, 7) is 3.81. The quantitative estimate of drug-likeness (QED) is 0.245. The predicted molar refractivity (Wildman–Crippen MR) is 158 cm³/mol. The number of pyridine rings is 1. The maximum Gasteiger partial charge on any atom is 0.253 e. The Morgan fingerprint density at radius 1 is 1.02 bits per heavy atom. The smallest absolute Gasteiger partial charge is 0.253 e. The van der Waals surface area contributed by atoms with Crippen LogP contribution in [0.1, 0.15) is 35.0 Å². The summed E-state index contributed by atoms with van der Waals surface area (Å²) in [5.41, 5.74) is 11.8. The molecule has 6 heteroatoms. The second-order valence-electron chi connectivity index (χ2n) is 10.5.